The minimum atomic E-state index is -1.97. The molecule has 0 saturated carbocycles. The van der Waals surface area contributed by atoms with Gasteiger partial charge in [-0.25, -0.2) is 0 Å². The maximum absolute atomic E-state index is 11.8. The summed E-state index contributed by atoms with van der Waals surface area (Å²) < 4.78 is 42.0. The zero-order chi connectivity index (χ0) is 41.9. The van der Waals surface area contributed by atoms with Gasteiger partial charge in [0, 0.05) is 12.1 Å². The lowest BCUT2D eigenvalue weighted by atomic mass is 9.98. The van der Waals surface area contributed by atoms with Gasteiger partial charge in [-0.05, 0) is 12.1 Å². The highest BCUT2D eigenvalue weighted by Crippen LogP contribution is 2.48. The Morgan fingerprint density at radius 3 is 1.72 bits per heavy atom. The van der Waals surface area contributed by atoms with Crippen LogP contribution in [0.5, 0.6) is 34.5 Å². The van der Waals surface area contributed by atoms with Crippen molar-refractivity contribution in [3.05, 3.63) is 41.2 Å². The lowest BCUT2D eigenvalue weighted by molar-refractivity contribution is -0.296. The fraction of sp³-hybridized carbons (Fsp3) is 0.471. The predicted octanol–water partition coefficient (Wildman–Crippen LogP) is -2.80. The molecule has 312 valence electrons. The molecule has 3 aliphatic heterocycles. The molecule has 0 aromatic heterocycles. The van der Waals surface area contributed by atoms with Gasteiger partial charge in [0.25, 0.3) is 11.9 Å². The summed E-state index contributed by atoms with van der Waals surface area (Å²) in [6.07, 6.45) is -20.3. The topological polar surface area (TPSA) is 368 Å². The lowest BCUT2D eigenvalue weighted by Crippen LogP contribution is -2.60. The second-order valence-electron chi connectivity index (χ2n) is 12.8. The van der Waals surface area contributed by atoms with Crippen LogP contribution in [0.1, 0.15) is 30.1 Å². The maximum Gasteiger partial charge on any atom is 0.317 e. The number of aliphatic hydroxyl groups excluding tert-OH is 6. The lowest BCUT2D eigenvalue weighted by Gasteiger charge is -2.41. The fourth-order valence-electron chi connectivity index (χ4n) is 5.88. The third kappa shape index (κ3) is 9.66. The molecule has 2 aromatic carbocycles. The van der Waals surface area contributed by atoms with E-state index in [4.69, 9.17) is 43.4 Å². The van der Waals surface area contributed by atoms with Crippen molar-refractivity contribution in [2.24, 2.45) is 0 Å². The van der Waals surface area contributed by atoms with Crippen molar-refractivity contribution in [3.8, 4) is 34.5 Å². The largest absolute Gasteiger partial charge is 0.571 e. The zero-order valence-corrected chi connectivity index (χ0v) is 29.4. The molecule has 0 amide bonds. The van der Waals surface area contributed by atoms with Gasteiger partial charge in [-0.1, -0.05) is 0 Å². The summed E-state index contributed by atoms with van der Waals surface area (Å²) in [4.78, 5) is 45.2. The summed E-state index contributed by atoms with van der Waals surface area (Å²) in [5, 5.41) is 113. The number of carbonyl (C=O) groups is 4. The van der Waals surface area contributed by atoms with Crippen LogP contribution in [0.2, 0.25) is 0 Å². The van der Waals surface area contributed by atoms with Gasteiger partial charge in [0.15, 0.2) is 17.3 Å². The summed E-state index contributed by atoms with van der Waals surface area (Å²) in [5.41, 5.74) is -0.0179. The van der Waals surface area contributed by atoms with Crippen LogP contribution in [0.25, 0.3) is 6.08 Å². The molecule has 0 bridgehead atoms. The number of esters is 2. The number of aliphatic carboxylic acids is 2. The number of rotatable bonds is 14. The van der Waals surface area contributed by atoms with E-state index >= 15 is 0 Å². The molecule has 3 aliphatic rings. The monoisotopic (exact) mass is 815 g/mol. The normalized spacial score (nSPS) is 29.5. The van der Waals surface area contributed by atoms with E-state index in [0.717, 1.165) is 12.1 Å². The average Bonchev–Trinajstić information content (AvgIpc) is 3.14. The molecule has 11 atom stereocenters. The van der Waals surface area contributed by atoms with Crippen LogP contribution in [-0.4, -0.2) is 167 Å². The van der Waals surface area contributed by atoms with E-state index in [1.165, 1.54) is 25.3 Å². The zero-order valence-electron chi connectivity index (χ0n) is 29.4. The molecule has 0 radical (unpaired) electrons. The number of hydrogen-bond donors (Lipinski definition) is 11. The molecule has 2 aromatic rings. The summed E-state index contributed by atoms with van der Waals surface area (Å²) in [6, 6.07) is 4.55. The molecule has 23 nitrogen and oxygen atoms in total. The third-order valence-corrected chi connectivity index (χ3v) is 8.80. The van der Waals surface area contributed by atoms with Crippen molar-refractivity contribution in [2.75, 3.05) is 20.3 Å². The van der Waals surface area contributed by atoms with Crippen LogP contribution < -0.4 is 9.47 Å². The summed E-state index contributed by atoms with van der Waals surface area (Å²) in [5.74, 6) is -8.05. The standard InChI is InChI=1S/C34H38O23/c1-50-17-3-11(2-15(36)25(17)43)32-18(55-34-31(49)29(47)27(45)20(57-34)10-52-24(42)8-22(39)40)6-13-14(35)4-12(5-16(13)54-32)53-33-30(48)28(46)26(44)19(56-33)9-51-23(41)7-21(37)38/h2-6,19-20,26-36,43-49H,7-10H2,1H3,(H,37,38)(H,39,40)/p+1. The number of benzene rings is 2. The van der Waals surface area contributed by atoms with Gasteiger partial charge in [0.2, 0.25) is 18.3 Å². The van der Waals surface area contributed by atoms with E-state index in [1.54, 1.807) is 0 Å². The molecule has 0 aliphatic carbocycles. The Labute approximate surface area is 319 Å². The maximum atomic E-state index is 11.8. The average molecular weight is 816 g/mol. The minimum Gasteiger partial charge on any atom is -0.571 e. The highest BCUT2D eigenvalue weighted by molar-refractivity contribution is 5.90. The molecule has 12 N–H and O–H groups in total. The van der Waals surface area contributed by atoms with Crippen molar-refractivity contribution < 1.29 is 113 Å². The van der Waals surface area contributed by atoms with Crippen LogP contribution in [-0.2, 0) is 42.9 Å². The highest BCUT2D eigenvalue weighted by Gasteiger charge is 2.48. The molecule has 0 spiro atoms. The SMILES string of the molecule is COc1cc(C2[OH+]c3cc(OC4OC(COC(=O)CC(=O)O)C(O)C(O)C4O)cc(O)c3C=C2OC2OC(COC(=O)CC(=O)O)C(O)C(O)C2O)cc(O)c1O. The van der Waals surface area contributed by atoms with Gasteiger partial charge in [0.05, 0.1) is 18.7 Å². The highest BCUT2D eigenvalue weighted by atomic mass is 16.7. The van der Waals surface area contributed by atoms with Crippen molar-refractivity contribution in [2.45, 2.75) is 80.4 Å². The number of phenolic OH excluding ortho intramolecular Hbond substituents is 3. The van der Waals surface area contributed by atoms with Crippen LogP contribution in [0, 0.1) is 0 Å². The molecular weight excluding hydrogens is 776 g/mol. The molecule has 57 heavy (non-hydrogen) atoms. The number of carbonyl (C=O) groups excluding carboxylic acids is 2. The molecular formula is C34H39O23+. The number of methoxy groups -OCH3 is 1. The number of fused-ring (bicyclic) bond motifs is 1. The molecule has 11 unspecified atom stereocenters. The summed E-state index contributed by atoms with van der Waals surface area (Å²) >= 11 is 0. The number of carboxylic acid groups (broad SMARTS) is 2. The Balaban J connectivity index is 1.44. The molecule has 2 fully saturated rings. The first-order chi connectivity index (χ1) is 26.9. The number of phenols is 3. The Bertz CT molecular complexity index is 1860. The van der Waals surface area contributed by atoms with Crippen LogP contribution in [0.3, 0.4) is 0 Å². The first-order valence-corrected chi connectivity index (χ1v) is 16.7. The van der Waals surface area contributed by atoms with E-state index in [-0.39, 0.29) is 34.1 Å². The molecule has 5 rings (SSSR count). The second kappa shape index (κ2) is 17.6. The third-order valence-electron chi connectivity index (χ3n) is 8.80. The van der Waals surface area contributed by atoms with Gasteiger partial charge in [-0.2, -0.15) is 0 Å². The summed E-state index contributed by atoms with van der Waals surface area (Å²) in [6.45, 7) is -1.52. The number of hydrogen-bond acceptors (Lipinski definition) is 20. The van der Waals surface area contributed by atoms with Crippen molar-refractivity contribution >= 4 is 30.0 Å². The molecule has 3 heterocycles. The van der Waals surface area contributed by atoms with E-state index in [0.29, 0.717) is 0 Å². The first kappa shape index (κ1) is 42.5. The van der Waals surface area contributed by atoms with Gasteiger partial charge in [0.1, 0.15) is 91.9 Å². The fourth-order valence-corrected chi connectivity index (χ4v) is 5.88. The Kier molecular flexibility index (Phi) is 13.2. The number of carboxylic acids is 2. The van der Waals surface area contributed by atoms with Crippen molar-refractivity contribution in [1.29, 1.82) is 0 Å². The number of aliphatic hydroxyl groups is 7. The molecule has 2 saturated heterocycles. The minimum absolute atomic E-state index is 0.0540. The second-order valence-corrected chi connectivity index (χ2v) is 12.8. The van der Waals surface area contributed by atoms with Crippen LogP contribution >= 0.6 is 0 Å². The Morgan fingerprint density at radius 2 is 1.21 bits per heavy atom. The first-order valence-electron chi connectivity index (χ1n) is 16.7. The van der Waals surface area contributed by atoms with Crippen molar-refractivity contribution in [3.63, 3.8) is 0 Å². The summed E-state index contributed by atoms with van der Waals surface area (Å²) in [7, 11) is 1.19. The number of aromatic hydroxyl groups is 4. The smallest absolute Gasteiger partial charge is 0.317 e. The van der Waals surface area contributed by atoms with Crippen LogP contribution in [0.4, 0.5) is 0 Å². The van der Waals surface area contributed by atoms with Crippen molar-refractivity contribution in [1.82, 2.24) is 0 Å². The number of ether oxygens (including phenoxy) is 8. The molecule has 23 heteroatoms. The Hall–Kier alpha value is -5.66. The van der Waals surface area contributed by atoms with Gasteiger partial charge < -0.3 is 94.1 Å². The predicted molar refractivity (Wildman–Crippen MR) is 178 cm³/mol. The van der Waals surface area contributed by atoms with Crippen LogP contribution in [0.15, 0.2) is 30.0 Å². The van der Waals surface area contributed by atoms with Gasteiger partial charge >= 0.3 is 23.9 Å². The van der Waals surface area contributed by atoms with Gasteiger partial charge in [-0.15, -0.1) is 0 Å². The quantitative estimate of drug-likeness (QED) is 0.0397. The van der Waals surface area contributed by atoms with E-state index in [9.17, 15) is 65.1 Å². The van der Waals surface area contributed by atoms with E-state index in [2.05, 4.69) is 4.74 Å². The van der Waals surface area contributed by atoms with E-state index < -0.39 is 135 Å². The van der Waals surface area contributed by atoms with Gasteiger partial charge in [-0.3, -0.25) is 19.2 Å². The Morgan fingerprint density at radius 1 is 0.684 bits per heavy atom. The van der Waals surface area contributed by atoms with E-state index in [1.807, 2.05) is 0 Å².